The molecule has 2 rings (SSSR count). The van der Waals surface area contributed by atoms with Gasteiger partial charge in [-0.25, -0.2) is 8.42 Å². The number of rotatable bonds is 10. The van der Waals surface area contributed by atoms with E-state index in [4.69, 9.17) is 0 Å². The zero-order valence-electron chi connectivity index (χ0n) is 18.1. The third-order valence-electron chi connectivity index (χ3n) is 5.05. The minimum atomic E-state index is -2.93. The summed E-state index contributed by atoms with van der Waals surface area (Å²) in [6.07, 6.45) is 1.85. The maximum atomic E-state index is 11.3. The molecule has 0 saturated carbocycles. The summed E-state index contributed by atoms with van der Waals surface area (Å²) < 4.78 is 22.7. The van der Waals surface area contributed by atoms with Crippen LogP contribution in [-0.2, 0) is 16.4 Å². The Morgan fingerprint density at radius 1 is 1.14 bits per heavy atom. The van der Waals surface area contributed by atoms with E-state index < -0.39 is 9.84 Å². The molecule has 1 aliphatic heterocycles. The van der Waals surface area contributed by atoms with E-state index in [9.17, 15) is 8.42 Å². The Labute approximate surface area is 176 Å². The predicted octanol–water partition coefficient (Wildman–Crippen LogP) is 1.18. The number of sulfone groups is 1. The first-order chi connectivity index (χ1) is 13.9. The standard InChI is InChI=1S/C21H37N5O2S/c1-4-22-21(24-19(2)10-17-29(3,27)28)23-11-12-25-13-15-26(16-14-25)18-20-8-6-5-7-9-20/h5-9,19H,4,10-18H2,1-3H3,(H2,22,23,24). The fourth-order valence-corrected chi connectivity index (χ4v) is 4.11. The van der Waals surface area contributed by atoms with Gasteiger partial charge in [-0.15, -0.1) is 0 Å². The van der Waals surface area contributed by atoms with Crippen molar-refractivity contribution in [1.82, 2.24) is 20.4 Å². The van der Waals surface area contributed by atoms with E-state index in [1.165, 1.54) is 11.8 Å². The highest BCUT2D eigenvalue weighted by Crippen LogP contribution is 2.08. The minimum Gasteiger partial charge on any atom is -0.357 e. The van der Waals surface area contributed by atoms with Gasteiger partial charge in [0.05, 0.1) is 12.3 Å². The van der Waals surface area contributed by atoms with Crippen molar-refractivity contribution in [3.05, 3.63) is 35.9 Å². The molecule has 1 fully saturated rings. The van der Waals surface area contributed by atoms with Gasteiger partial charge in [-0.1, -0.05) is 30.3 Å². The van der Waals surface area contributed by atoms with Crippen molar-refractivity contribution in [2.75, 3.05) is 57.8 Å². The molecule has 1 heterocycles. The van der Waals surface area contributed by atoms with Crippen LogP contribution >= 0.6 is 0 Å². The minimum absolute atomic E-state index is 0.0593. The summed E-state index contributed by atoms with van der Waals surface area (Å²) in [5.41, 5.74) is 1.37. The lowest BCUT2D eigenvalue weighted by atomic mass is 10.2. The maximum absolute atomic E-state index is 11.3. The number of hydrogen-bond acceptors (Lipinski definition) is 5. The Morgan fingerprint density at radius 2 is 1.79 bits per heavy atom. The third kappa shape index (κ3) is 10.1. The topological polar surface area (TPSA) is 77.0 Å². The van der Waals surface area contributed by atoms with E-state index in [1.54, 1.807) is 0 Å². The van der Waals surface area contributed by atoms with Crippen molar-refractivity contribution in [3.8, 4) is 0 Å². The van der Waals surface area contributed by atoms with Crippen molar-refractivity contribution < 1.29 is 8.42 Å². The lowest BCUT2D eigenvalue weighted by Gasteiger charge is -2.34. The fourth-order valence-electron chi connectivity index (χ4n) is 3.33. The molecule has 1 aromatic rings. The van der Waals surface area contributed by atoms with Crippen LogP contribution in [0.3, 0.4) is 0 Å². The Hall–Kier alpha value is -1.64. The number of benzene rings is 1. The van der Waals surface area contributed by atoms with Crippen molar-refractivity contribution in [1.29, 1.82) is 0 Å². The van der Waals surface area contributed by atoms with E-state index in [1.807, 2.05) is 13.8 Å². The molecule has 8 heteroatoms. The lowest BCUT2D eigenvalue weighted by Crippen LogP contribution is -2.47. The first-order valence-corrected chi connectivity index (χ1v) is 12.6. The molecule has 1 unspecified atom stereocenters. The number of guanidine groups is 1. The summed E-state index contributed by atoms with van der Waals surface area (Å²) in [7, 11) is -2.93. The summed E-state index contributed by atoms with van der Waals surface area (Å²) in [4.78, 5) is 9.63. The van der Waals surface area contributed by atoms with Gasteiger partial charge in [-0.2, -0.15) is 0 Å². The van der Waals surface area contributed by atoms with Gasteiger partial charge in [-0.05, 0) is 25.8 Å². The average molecular weight is 424 g/mol. The predicted molar refractivity (Wildman–Crippen MR) is 121 cm³/mol. The van der Waals surface area contributed by atoms with Crippen LogP contribution in [0.15, 0.2) is 35.3 Å². The monoisotopic (exact) mass is 423 g/mol. The van der Waals surface area contributed by atoms with E-state index >= 15 is 0 Å². The molecule has 1 atom stereocenters. The molecule has 1 saturated heterocycles. The zero-order chi connectivity index (χ0) is 21.1. The summed E-state index contributed by atoms with van der Waals surface area (Å²) in [5.74, 6) is 0.949. The molecule has 2 N–H and O–H groups in total. The molecule has 0 aromatic heterocycles. The zero-order valence-corrected chi connectivity index (χ0v) is 18.9. The number of nitrogens with zero attached hydrogens (tertiary/aromatic N) is 3. The van der Waals surface area contributed by atoms with Crippen molar-refractivity contribution >= 4 is 15.8 Å². The molecule has 1 aliphatic rings. The summed E-state index contributed by atoms with van der Waals surface area (Å²) in [5, 5.41) is 6.56. The Morgan fingerprint density at radius 3 is 2.41 bits per heavy atom. The van der Waals surface area contributed by atoms with Crippen LogP contribution in [0, 0.1) is 0 Å². The van der Waals surface area contributed by atoms with Gasteiger partial charge in [0, 0.05) is 58.1 Å². The van der Waals surface area contributed by atoms with Crippen LogP contribution in [0.4, 0.5) is 0 Å². The SMILES string of the molecule is CCNC(=NCCN1CCN(Cc2ccccc2)CC1)NC(C)CCS(C)(=O)=O. The molecule has 0 amide bonds. The van der Waals surface area contributed by atoms with Crippen molar-refractivity contribution in [2.45, 2.75) is 32.9 Å². The van der Waals surface area contributed by atoms with Crippen LogP contribution in [0.25, 0.3) is 0 Å². The van der Waals surface area contributed by atoms with Crippen LogP contribution in [0.1, 0.15) is 25.8 Å². The van der Waals surface area contributed by atoms with E-state index in [2.05, 4.69) is 55.8 Å². The van der Waals surface area contributed by atoms with Crippen LogP contribution in [-0.4, -0.2) is 88.0 Å². The number of piperazine rings is 1. The molecule has 29 heavy (non-hydrogen) atoms. The molecule has 0 spiro atoms. The second-order valence-electron chi connectivity index (χ2n) is 7.83. The van der Waals surface area contributed by atoms with E-state index in [0.29, 0.717) is 6.42 Å². The molecular formula is C21H37N5O2S. The maximum Gasteiger partial charge on any atom is 0.191 e. The first-order valence-electron chi connectivity index (χ1n) is 10.6. The largest absolute Gasteiger partial charge is 0.357 e. The molecule has 0 bridgehead atoms. The van der Waals surface area contributed by atoms with E-state index in [0.717, 1.165) is 58.3 Å². The Bertz CT molecular complexity index is 716. The smallest absolute Gasteiger partial charge is 0.191 e. The van der Waals surface area contributed by atoms with Gasteiger partial charge in [0.2, 0.25) is 0 Å². The van der Waals surface area contributed by atoms with Gasteiger partial charge in [-0.3, -0.25) is 14.8 Å². The lowest BCUT2D eigenvalue weighted by molar-refractivity contribution is 0.130. The van der Waals surface area contributed by atoms with Crippen LogP contribution in [0.5, 0.6) is 0 Å². The third-order valence-corrected chi connectivity index (χ3v) is 6.03. The van der Waals surface area contributed by atoms with Crippen LogP contribution in [0.2, 0.25) is 0 Å². The second kappa shape index (κ2) is 12.1. The first kappa shape index (κ1) is 23.6. The van der Waals surface area contributed by atoms with Crippen molar-refractivity contribution in [2.24, 2.45) is 4.99 Å². The molecule has 164 valence electrons. The van der Waals surface area contributed by atoms with Crippen molar-refractivity contribution in [3.63, 3.8) is 0 Å². The van der Waals surface area contributed by atoms with E-state index in [-0.39, 0.29) is 11.8 Å². The molecule has 0 aliphatic carbocycles. The molecule has 0 radical (unpaired) electrons. The summed E-state index contributed by atoms with van der Waals surface area (Å²) in [6, 6.07) is 10.7. The Kier molecular flexibility index (Phi) is 9.90. The highest BCUT2D eigenvalue weighted by atomic mass is 32.2. The molecule has 7 nitrogen and oxygen atoms in total. The normalized spacial score (nSPS) is 17.8. The molecular weight excluding hydrogens is 386 g/mol. The quantitative estimate of drug-likeness (QED) is 0.435. The van der Waals surface area contributed by atoms with Gasteiger partial charge < -0.3 is 10.6 Å². The highest BCUT2D eigenvalue weighted by Gasteiger charge is 2.16. The fraction of sp³-hybridized carbons (Fsp3) is 0.667. The number of aliphatic imine (C=N–C) groups is 1. The number of hydrogen-bond donors (Lipinski definition) is 2. The summed E-state index contributed by atoms with van der Waals surface area (Å²) in [6.45, 7) is 11.8. The molecule has 1 aromatic carbocycles. The van der Waals surface area contributed by atoms with Gasteiger partial charge in [0.15, 0.2) is 5.96 Å². The van der Waals surface area contributed by atoms with Gasteiger partial charge in [0.25, 0.3) is 0 Å². The Balaban J connectivity index is 1.71. The second-order valence-corrected chi connectivity index (χ2v) is 10.1. The summed E-state index contributed by atoms with van der Waals surface area (Å²) >= 11 is 0. The van der Waals surface area contributed by atoms with Gasteiger partial charge >= 0.3 is 0 Å². The van der Waals surface area contributed by atoms with Gasteiger partial charge in [0.1, 0.15) is 9.84 Å². The highest BCUT2D eigenvalue weighted by molar-refractivity contribution is 7.90. The number of nitrogens with one attached hydrogen (secondary N) is 2. The van der Waals surface area contributed by atoms with Crippen LogP contribution < -0.4 is 10.6 Å². The average Bonchev–Trinajstić information content (AvgIpc) is 2.68.